The largest absolute Gasteiger partial charge is 0.393 e. The molecule has 1 heterocycles. The highest BCUT2D eigenvalue weighted by Gasteiger charge is 2.39. The van der Waals surface area contributed by atoms with Gasteiger partial charge in [0.05, 0.1) is 12.8 Å². The van der Waals surface area contributed by atoms with Crippen molar-refractivity contribution in [1.29, 1.82) is 0 Å². The number of benzene rings is 1. The molecule has 90 valence electrons. The number of carbonyl (C=O) groups excluding carboxylic acids is 2. The quantitative estimate of drug-likeness (QED) is 0.551. The number of rotatable bonds is 1. The van der Waals surface area contributed by atoms with Crippen molar-refractivity contribution in [2.45, 2.75) is 39.0 Å². The summed E-state index contributed by atoms with van der Waals surface area (Å²) in [7, 11) is 0. The van der Waals surface area contributed by atoms with Crippen LogP contribution in [0, 0.1) is 13.8 Å². The van der Waals surface area contributed by atoms with E-state index in [-0.39, 0.29) is 12.8 Å². The van der Waals surface area contributed by atoms with E-state index in [1.165, 1.54) is 0 Å². The zero-order valence-electron chi connectivity index (χ0n) is 10.4. The zero-order chi connectivity index (χ0) is 12.6. The van der Waals surface area contributed by atoms with Crippen molar-refractivity contribution in [3.8, 4) is 0 Å². The van der Waals surface area contributed by atoms with Crippen LogP contribution in [-0.4, -0.2) is 11.9 Å². The standard InChI is InChI=1S/C14H16O3/c1-9-4-5-10(2)11(6-9)14(3)7-12(15)17-13(16)8-14/h4-6H,7-8H2,1-3H3. The molecule has 17 heavy (non-hydrogen) atoms. The number of aryl methyl sites for hydroxylation is 2. The molecule has 1 aliphatic rings. The molecule has 2 rings (SSSR count). The number of cyclic esters (lactones) is 2. The van der Waals surface area contributed by atoms with Gasteiger partial charge in [-0.1, -0.05) is 30.7 Å². The van der Waals surface area contributed by atoms with Crippen LogP contribution in [0.5, 0.6) is 0 Å². The highest BCUT2D eigenvalue weighted by Crippen LogP contribution is 2.37. The van der Waals surface area contributed by atoms with Crippen LogP contribution in [0.1, 0.15) is 36.5 Å². The van der Waals surface area contributed by atoms with E-state index >= 15 is 0 Å². The summed E-state index contributed by atoms with van der Waals surface area (Å²) in [6.07, 6.45) is 0.534. The summed E-state index contributed by atoms with van der Waals surface area (Å²) in [6.45, 7) is 5.97. The van der Waals surface area contributed by atoms with Gasteiger partial charge in [0.1, 0.15) is 0 Å². The normalized spacial score (nSPS) is 19.0. The Balaban J connectivity index is 2.46. The van der Waals surface area contributed by atoms with E-state index in [1.807, 2.05) is 32.9 Å². The van der Waals surface area contributed by atoms with Crippen molar-refractivity contribution in [3.63, 3.8) is 0 Å². The van der Waals surface area contributed by atoms with E-state index in [2.05, 4.69) is 10.8 Å². The molecular formula is C14H16O3. The van der Waals surface area contributed by atoms with E-state index in [9.17, 15) is 9.59 Å². The maximum Gasteiger partial charge on any atom is 0.314 e. The molecule has 0 aromatic heterocycles. The van der Waals surface area contributed by atoms with E-state index in [4.69, 9.17) is 0 Å². The summed E-state index contributed by atoms with van der Waals surface area (Å²) in [6, 6.07) is 6.12. The van der Waals surface area contributed by atoms with Gasteiger partial charge in [0.2, 0.25) is 0 Å². The van der Waals surface area contributed by atoms with Crippen LogP contribution in [0.15, 0.2) is 18.2 Å². The number of esters is 2. The average Bonchev–Trinajstić information content (AvgIpc) is 2.19. The van der Waals surface area contributed by atoms with Crippen LogP contribution in [0.25, 0.3) is 0 Å². The predicted octanol–water partition coefficient (Wildman–Crippen LogP) is 2.42. The molecular weight excluding hydrogens is 216 g/mol. The Hall–Kier alpha value is -1.64. The molecule has 1 aromatic rings. The lowest BCUT2D eigenvalue weighted by atomic mass is 9.73. The molecule has 3 nitrogen and oxygen atoms in total. The van der Waals surface area contributed by atoms with E-state index in [0.717, 1.165) is 16.7 Å². The van der Waals surface area contributed by atoms with Crippen LogP contribution >= 0.6 is 0 Å². The van der Waals surface area contributed by atoms with Crippen LogP contribution < -0.4 is 0 Å². The fourth-order valence-electron chi connectivity index (χ4n) is 2.48. The van der Waals surface area contributed by atoms with Gasteiger partial charge in [0, 0.05) is 5.41 Å². The Morgan fingerprint density at radius 2 is 1.71 bits per heavy atom. The molecule has 0 unspecified atom stereocenters. The smallest absolute Gasteiger partial charge is 0.314 e. The van der Waals surface area contributed by atoms with Crippen molar-refractivity contribution >= 4 is 11.9 Å². The lowest BCUT2D eigenvalue weighted by Crippen LogP contribution is -2.37. The predicted molar refractivity (Wildman–Crippen MR) is 63.6 cm³/mol. The summed E-state index contributed by atoms with van der Waals surface area (Å²) in [5.74, 6) is -0.852. The Bertz CT molecular complexity index is 472. The molecule has 1 saturated heterocycles. The van der Waals surface area contributed by atoms with Gasteiger partial charge in [-0.3, -0.25) is 9.59 Å². The first-order valence-corrected chi connectivity index (χ1v) is 5.72. The topological polar surface area (TPSA) is 43.4 Å². The Morgan fingerprint density at radius 3 is 2.29 bits per heavy atom. The molecule has 1 aliphatic heterocycles. The van der Waals surface area contributed by atoms with Crippen molar-refractivity contribution in [3.05, 3.63) is 34.9 Å². The Labute approximate surface area is 101 Å². The maximum atomic E-state index is 11.4. The lowest BCUT2D eigenvalue weighted by Gasteiger charge is -2.33. The first kappa shape index (κ1) is 11.8. The van der Waals surface area contributed by atoms with Crippen molar-refractivity contribution < 1.29 is 14.3 Å². The first-order valence-electron chi connectivity index (χ1n) is 5.72. The van der Waals surface area contributed by atoms with Crippen LogP contribution in [0.4, 0.5) is 0 Å². The minimum absolute atomic E-state index is 0.267. The van der Waals surface area contributed by atoms with E-state index in [1.54, 1.807) is 0 Å². The zero-order valence-corrected chi connectivity index (χ0v) is 10.4. The lowest BCUT2D eigenvalue weighted by molar-refractivity contribution is -0.166. The molecule has 0 atom stereocenters. The van der Waals surface area contributed by atoms with Gasteiger partial charge in [-0.05, 0) is 25.0 Å². The average molecular weight is 232 g/mol. The van der Waals surface area contributed by atoms with Crippen molar-refractivity contribution in [1.82, 2.24) is 0 Å². The van der Waals surface area contributed by atoms with Gasteiger partial charge in [-0.15, -0.1) is 0 Å². The maximum absolute atomic E-state index is 11.4. The van der Waals surface area contributed by atoms with E-state index < -0.39 is 17.4 Å². The first-order chi connectivity index (χ1) is 7.90. The molecule has 0 aliphatic carbocycles. The number of hydrogen-bond donors (Lipinski definition) is 0. The van der Waals surface area contributed by atoms with E-state index in [0.29, 0.717) is 0 Å². The number of hydrogen-bond acceptors (Lipinski definition) is 3. The fourth-order valence-corrected chi connectivity index (χ4v) is 2.48. The SMILES string of the molecule is Cc1ccc(C)c(C2(C)CC(=O)OC(=O)C2)c1. The summed E-state index contributed by atoms with van der Waals surface area (Å²) < 4.78 is 4.60. The van der Waals surface area contributed by atoms with Crippen LogP contribution in [0.2, 0.25) is 0 Å². The second kappa shape index (κ2) is 3.99. The summed E-state index contributed by atoms with van der Waals surface area (Å²) >= 11 is 0. The second-order valence-electron chi connectivity index (χ2n) is 5.08. The Kier molecular flexibility index (Phi) is 2.77. The molecule has 1 fully saturated rings. The summed E-state index contributed by atoms with van der Waals surface area (Å²) in [4.78, 5) is 22.8. The van der Waals surface area contributed by atoms with Crippen LogP contribution in [0.3, 0.4) is 0 Å². The number of ether oxygens (including phenoxy) is 1. The monoisotopic (exact) mass is 232 g/mol. The highest BCUT2D eigenvalue weighted by atomic mass is 16.6. The number of carbonyl (C=O) groups is 2. The third kappa shape index (κ3) is 2.23. The van der Waals surface area contributed by atoms with Gasteiger partial charge < -0.3 is 4.74 Å². The van der Waals surface area contributed by atoms with Gasteiger partial charge in [0.15, 0.2) is 0 Å². The van der Waals surface area contributed by atoms with Crippen molar-refractivity contribution in [2.75, 3.05) is 0 Å². The van der Waals surface area contributed by atoms with Gasteiger partial charge in [-0.25, -0.2) is 0 Å². The third-order valence-corrected chi connectivity index (χ3v) is 3.34. The van der Waals surface area contributed by atoms with Crippen molar-refractivity contribution in [2.24, 2.45) is 0 Å². The second-order valence-corrected chi connectivity index (χ2v) is 5.08. The van der Waals surface area contributed by atoms with Gasteiger partial charge in [0.25, 0.3) is 0 Å². The highest BCUT2D eigenvalue weighted by molar-refractivity contribution is 5.90. The molecule has 3 heteroatoms. The molecule has 0 saturated carbocycles. The molecule has 0 spiro atoms. The summed E-state index contributed by atoms with van der Waals surface area (Å²) in [5.41, 5.74) is 2.89. The molecule has 0 bridgehead atoms. The van der Waals surface area contributed by atoms with Gasteiger partial charge in [-0.2, -0.15) is 0 Å². The summed E-state index contributed by atoms with van der Waals surface area (Å²) in [5, 5.41) is 0. The molecule has 1 aromatic carbocycles. The van der Waals surface area contributed by atoms with Gasteiger partial charge >= 0.3 is 11.9 Å². The molecule has 0 radical (unpaired) electrons. The minimum atomic E-state index is -0.428. The minimum Gasteiger partial charge on any atom is -0.393 e. The van der Waals surface area contributed by atoms with Crippen LogP contribution in [-0.2, 0) is 19.7 Å². The third-order valence-electron chi connectivity index (χ3n) is 3.34. The molecule has 0 N–H and O–H groups in total. The Morgan fingerprint density at radius 1 is 1.12 bits per heavy atom. The molecule has 0 amide bonds. The fraction of sp³-hybridized carbons (Fsp3) is 0.429.